The van der Waals surface area contributed by atoms with Crippen molar-refractivity contribution in [3.05, 3.63) is 59.7 Å². The molecule has 1 saturated heterocycles. The van der Waals surface area contributed by atoms with E-state index in [-0.39, 0.29) is 5.70 Å². The topological polar surface area (TPSA) is 62.2 Å². The Hall–Kier alpha value is -2.42. The second-order valence-electron chi connectivity index (χ2n) is 8.42. The summed E-state index contributed by atoms with van der Waals surface area (Å²) in [5.41, 5.74) is 1.07. The first kappa shape index (κ1) is 19.9. The van der Waals surface area contributed by atoms with E-state index in [0.717, 1.165) is 11.0 Å². The number of aliphatic hydroxyl groups excluding tert-OH is 1. The second kappa shape index (κ2) is 6.55. The van der Waals surface area contributed by atoms with E-state index in [1.165, 1.54) is 34.2 Å². The molecule has 3 aliphatic heterocycles. The largest absolute Gasteiger partial charge is 0.495 e. The van der Waals surface area contributed by atoms with Gasteiger partial charge >= 0.3 is 13.1 Å². The summed E-state index contributed by atoms with van der Waals surface area (Å²) in [6.45, 7) is 9.74. The molecule has 3 aliphatic rings. The predicted molar refractivity (Wildman–Crippen MR) is 109 cm³/mol. The van der Waals surface area contributed by atoms with Gasteiger partial charge in [0.15, 0.2) is 6.23 Å². The molecule has 0 bridgehead atoms. The Bertz CT molecular complexity index is 953. The Kier molecular flexibility index (Phi) is 4.49. The Labute approximate surface area is 170 Å². The fourth-order valence-electron chi connectivity index (χ4n) is 3.64. The summed E-state index contributed by atoms with van der Waals surface area (Å²) in [5, 5.41) is 10.6. The van der Waals surface area contributed by atoms with Gasteiger partial charge in [-0.05, 0) is 69.9 Å². The summed E-state index contributed by atoms with van der Waals surface area (Å²) in [6.07, 6.45) is 4.20. The highest BCUT2D eigenvalue weighted by Gasteiger charge is 2.52. The molecule has 29 heavy (non-hydrogen) atoms. The highest BCUT2D eigenvalue weighted by molar-refractivity contribution is 6.62. The Morgan fingerprint density at radius 3 is 2.48 bits per heavy atom. The zero-order valence-electron chi connectivity index (χ0n) is 17.1. The van der Waals surface area contributed by atoms with Crippen molar-refractivity contribution in [1.82, 2.24) is 4.90 Å². The van der Waals surface area contributed by atoms with Crippen molar-refractivity contribution in [1.29, 1.82) is 0 Å². The Balaban J connectivity index is 1.73. The van der Waals surface area contributed by atoms with E-state index < -0.39 is 36.4 Å². The van der Waals surface area contributed by atoms with Crippen molar-refractivity contribution in [3.8, 4) is 0 Å². The molecule has 1 aromatic carbocycles. The van der Waals surface area contributed by atoms with Gasteiger partial charge in [-0.25, -0.2) is 9.18 Å². The van der Waals surface area contributed by atoms with Crippen LogP contribution in [0.2, 0.25) is 0 Å². The maximum Gasteiger partial charge on any atom is 0.495 e. The van der Waals surface area contributed by atoms with Crippen molar-refractivity contribution in [2.75, 3.05) is 4.90 Å². The summed E-state index contributed by atoms with van der Waals surface area (Å²) >= 11 is 0. The van der Waals surface area contributed by atoms with E-state index in [4.69, 9.17) is 9.31 Å². The minimum absolute atomic E-state index is 0.0426. The van der Waals surface area contributed by atoms with E-state index >= 15 is 0 Å². The standard InChI is InChI=1S/C21H24BFN2O4/c1-13-14(22-28-20(2,3)21(4,5)29-22)8-6-10-16(13)25-18(26)12-17-15(23)9-7-11-24(17)19(25)27/h6-12,18,26H,1-5H3. The van der Waals surface area contributed by atoms with Gasteiger partial charge in [0.2, 0.25) is 0 Å². The smallest absolute Gasteiger partial charge is 0.399 e. The third-order valence-electron chi connectivity index (χ3n) is 6.08. The van der Waals surface area contributed by atoms with Crippen LogP contribution in [0.4, 0.5) is 14.9 Å². The van der Waals surface area contributed by atoms with Gasteiger partial charge < -0.3 is 14.4 Å². The average Bonchev–Trinajstić information content (AvgIpc) is 2.85. The van der Waals surface area contributed by atoms with Crippen LogP contribution >= 0.6 is 0 Å². The Morgan fingerprint density at radius 1 is 1.17 bits per heavy atom. The number of carbonyl (C=O) groups is 1. The van der Waals surface area contributed by atoms with Gasteiger partial charge in [-0.1, -0.05) is 12.1 Å². The lowest BCUT2D eigenvalue weighted by atomic mass is 9.75. The lowest BCUT2D eigenvalue weighted by Crippen LogP contribution is -2.51. The minimum atomic E-state index is -1.30. The molecule has 2 amide bonds. The molecule has 1 unspecified atom stereocenters. The van der Waals surface area contributed by atoms with Crippen molar-refractivity contribution >= 4 is 24.3 Å². The van der Waals surface area contributed by atoms with Gasteiger partial charge in [0.05, 0.1) is 22.6 Å². The normalized spacial score (nSPS) is 25.1. The number of halogens is 1. The second-order valence-corrected chi connectivity index (χ2v) is 8.42. The number of urea groups is 1. The van der Waals surface area contributed by atoms with Gasteiger partial charge in [-0.3, -0.25) is 9.80 Å². The summed E-state index contributed by atoms with van der Waals surface area (Å²) in [5.74, 6) is -0.567. The van der Waals surface area contributed by atoms with Gasteiger partial charge in [-0.15, -0.1) is 0 Å². The lowest BCUT2D eigenvalue weighted by Gasteiger charge is -2.38. The van der Waals surface area contributed by atoms with Crippen LogP contribution in [0.3, 0.4) is 0 Å². The molecular weight excluding hydrogens is 374 g/mol. The molecule has 0 aromatic heterocycles. The fraction of sp³-hybridized carbons (Fsp3) is 0.381. The molecule has 152 valence electrons. The summed E-state index contributed by atoms with van der Waals surface area (Å²) < 4.78 is 26.4. The van der Waals surface area contributed by atoms with Gasteiger partial charge in [-0.2, -0.15) is 0 Å². The maximum atomic E-state index is 14.1. The summed E-state index contributed by atoms with van der Waals surface area (Å²) in [7, 11) is -0.599. The van der Waals surface area contributed by atoms with E-state index in [9.17, 15) is 14.3 Å². The van der Waals surface area contributed by atoms with Crippen molar-refractivity contribution in [2.45, 2.75) is 52.0 Å². The van der Waals surface area contributed by atoms with Crippen LogP contribution in [0.1, 0.15) is 33.3 Å². The molecule has 1 fully saturated rings. The van der Waals surface area contributed by atoms with E-state index in [1.807, 2.05) is 40.7 Å². The molecule has 3 heterocycles. The van der Waals surface area contributed by atoms with E-state index in [1.54, 1.807) is 12.1 Å². The number of benzene rings is 1. The van der Waals surface area contributed by atoms with Gasteiger partial charge in [0.25, 0.3) is 0 Å². The molecule has 0 radical (unpaired) electrons. The fourth-order valence-corrected chi connectivity index (χ4v) is 3.64. The number of anilines is 1. The lowest BCUT2D eigenvalue weighted by molar-refractivity contribution is 0.00578. The number of aliphatic hydroxyl groups is 1. The SMILES string of the molecule is Cc1c(B2OC(C)(C)C(C)(C)O2)cccc1N1C(=O)N2C=CC=C(F)C2=CC1O. The molecule has 0 spiro atoms. The van der Waals surface area contributed by atoms with Gasteiger partial charge in [0, 0.05) is 6.20 Å². The first-order chi connectivity index (χ1) is 13.5. The zero-order valence-corrected chi connectivity index (χ0v) is 17.1. The minimum Gasteiger partial charge on any atom is -0.399 e. The number of nitrogens with zero attached hydrogens (tertiary/aromatic N) is 2. The van der Waals surface area contributed by atoms with Crippen molar-refractivity contribution in [3.63, 3.8) is 0 Å². The molecule has 1 N–H and O–H groups in total. The number of amides is 2. The molecule has 1 atom stereocenters. The van der Waals surface area contributed by atoms with Crippen LogP contribution in [-0.4, -0.2) is 40.6 Å². The quantitative estimate of drug-likeness (QED) is 0.778. The first-order valence-electron chi connectivity index (χ1n) is 9.55. The van der Waals surface area contributed by atoms with Crippen LogP contribution in [0.25, 0.3) is 0 Å². The van der Waals surface area contributed by atoms with Crippen LogP contribution < -0.4 is 10.4 Å². The summed E-state index contributed by atoms with van der Waals surface area (Å²) in [4.78, 5) is 15.5. The molecule has 0 aliphatic carbocycles. The van der Waals surface area contributed by atoms with Crippen LogP contribution in [-0.2, 0) is 9.31 Å². The molecule has 0 saturated carbocycles. The molecule has 8 heteroatoms. The first-order valence-corrected chi connectivity index (χ1v) is 9.55. The molecule has 6 nitrogen and oxygen atoms in total. The van der Waals surface area contributed by atoms with Gasteiger partial charge in [0.1, 0.15) is 5.83 Å². The summed E-state index contributed by atoms with van der Waals surface area (Å²) in [6, 6.07) is 4.87. The third-order valence-corrected chi connectivity index (χ3v) is 6.08. The highest BCUT2D eigenvalue weighted by atomic mass is 19.1. The number of hydrogen-bond donors (Lipinski definition) is 1. The van der Waals surface area contributed by atoms with Crippen LogP contribution in [0, 0.1) is 6.92 Å². The number of carbonyl (C=O) groups excluding carboxylic acids is 1. The number of fused-ring (bicyclic) bond motifs is 1. The van der Waals surface area contributed by atoms with E-state index in [0.29, 0.717) is 5.69 Å². The van der Waals surface area contributed by atoms with E-state index in [2.05, 4.69) is 0 Å². The molecule has 4 rings (SSSR count). The number of allylic oxidation sites excluding steroid dienone is 3. The number of hydrogen-bond acceptors (Lipinski definition) is 4. The molecule has 1 aromatic rings. The third kappa shape index (κ3) is 3.03. The van der Waals surface area contributed by atoms with Crippen LogP contribution in [0.15, 0.2) is 54.2 Å². The monoisotopic (exact) mass is 398 g/mol. The highest BCUT2D eigenvalue weighted by Crippen LogP contribution is 2.38. The zero-order chi connectivity index (χ0) is 21.1. The number of rotatable bonds is 2. The predicted octanol–water partition coefficient (Wildman–Crippen LogP) is 3.12. The maximum absolute atomic E-state index is 14.1. The molecular formula is C21H24BFN2O4. The average molecular weight is 398 g/mol. The van der Waals surface area contributed by atoms with Crippen molar-refractivity contribution < 1.29 is 23.6 Å². The Morgan fingerprint density at radius 2 is 1.83 bits per heavy atom. The van der Waals surface area contributed by atoms with Crippen molar-refractivity contribution in [2.24, 2.45) is 0 Å². The van der Waals surface area contributed by atoms with Crippen LogP contribution in [0.5, 0.6) is 0 Å².